The molecule has 0 saturated carbocycles. The highest BCUT2D eigenvalue weighted by Gasteiger charge is 2.23. The summed E-state index contributed by atoms with van der Waals surface area (Å²) in [6.45, 7) is 0. The average molecular weight is 959 g/mol. The van der Waals surface area contributed by atoms with Crippen molar-refractivity contribution >= 4 is 129 Å². The van der Waals surface area contributed by atoms with Crippen molar-refractivity contribution in [3.63, 3.8) is 0 Å². The maximum absolute atomic E-state index is 2.48. The van der Waals surface area contributed by atoms with Crippen LogP contribution in [0.4, 0.5) is 34.1 Å². The lowest BCUT2D eigenvalue weighted by atomic mass is 9.98. The van der Waals surface area contributed by atoms with Gasteiger partial charge in [-0.2, -0.15) is 0 Å². The van der Waals surface area contributed by atoms with Crippen molar-refractivity contribution in [2.24, 2.45) is 0 Å². The van der Waals surface area contributed by atoms with E-state index in [4.69, 9.17) is 0 Å². The molecule has 0 saturated heterocycles. The van der Waals surface area contributed by atoms with E-state index in [1.807, 2.05) is 34.0 Å². The van der Waals surface area contributed by atoms with Crippen LogP contribution in [-0.4, -0.2) is 0 Å². The van der Waals surface area contributed by atoms with E-state index in [9.17, 15) is 0 Å². The first-order valence-corrected chi connectivity index (χ1v) is 26.4. The van der Waals surface area contributed by atoms with Crippen molar-refractivity contribution < 1.29 is 0 Å². The monoisotopic (exact) mass is 958 g/mol. The second-order valence-electron chi connectivity index (χ2n) is 18.0. The number of hydrogen-bond donors (Lipinski definition) is 0. The largest absolute Gasteiger partial charge is 0.310 e. The highest BCUT2D eigenvalue weighted by Crippen LogP contribution is 2.49. The first-order valence-electron chi connectivity index (χ1n) is 24.0. The molecule has 0 atom stereocenters. The Morgan fingerprint density at radius 2 is 0.634 bits per heavy atom. The van der Waals surface area contributed by atoms with Crippen molar-refractivity contribution in [2.45, 2.75) is 0 Å². The molecular formula is C66H42N2S3. The summed E-state index contributed by atoms with van der Waals surface area (Å²) in [6, 6.07) is 93.8. The molecule has 0 aliphatic carbocycles. The summed E-state index contributed by atoms with van der Waals surface area (Å²) in [6.07, 6.45) is 0. The number of benzene rings is 11. The Bertz CT molecular complexity index is 4310. The number of thiophene rings is 3. The Morgan fingerprint density at radius 1 is 0.225 bits per heavy atom. The third-order valence-corrected chi connectivity index (χ3v) is 17.3. The van der Waals surface area contributed by atoms with Gasteiger partial charge in [-0.3, -0.25) is 0 Å². The third kappa shape index (κ3) is 7.28. The van der Waals surface area contributed by atoms with Gasteiger partial charge in [-0.05, 0) is 107 Å². The summed E-state index contributed by atoms with van der Waals surface area (Å²) in [4.78, 5) is 4.94. The summed E-state index contributed by atoms with van der Waals surface area (Å²) in [5.74, 6) is 0. The molecule has 0 bridgehead atoms. The summed E-state index contributed by atoms with van der Waals surface area (Å²) >= 11 is 5.59. The van der Waals surface area contributed by atoms with Gasteiger partial charge in [0.1, 0.15) is 0 Å². The molecule has 14 aromatic rings. The Kier molecular flexibility index (Phi) is 10.1. The van der Waals surface area contributed by atoms with Gasteiger partial charge in [0.05, 0.1) is 16.1 Å². The number of rotatable bonds is 9. The molecule has 0 amide bonds. The standard InChI is InChI=1S/C66H42N2S3/c1-2-15-43(16-3-1)44-31-33-45(34-32-44)46-17-12-19-48(39-46)67(50-35-37-56-53-22-5-9-28-61(53)69-64(56)41-50)59-26-8-4-21-52(59)47-18-13-20-49(40-47)68(51-36-38-57-54-23-6-10-29-62(54)70-65(57)42-51)60-27-14-25-58-55-24-7-11-30-63(55)71-66(58)60/h1-42H. The molecule has 334 valence electrons. The van der Waals surface area contributed by atoms with E-state index in [1.165, 1.54) is 82.9 Å². The molecule has 0 aliphatic rings. The molecular weight excluding hydrogens is 917 g/mol. The van der Waals surface area contributed by atoms with Crippen LogP contribution in [0, 0.1) is 0 Å². The number of fused-ring (bicyclic) bond motifs is 9. The molecule has 71 heavy (non-hydrogen) atoms. The smallest absolute Gasteiger partial charge is 0.0640 e. The van der Waals surface area contributed by atoms with Crippen LogP contribution in [0.1, 0.15) is 0 Å². The van der Waals surface area contributed by atoms with Crippen LogP contribution >= 0.6 is 34.0 Å². The van der Waals surface area contributed by atoms with E-state index in [-0.39, 0.29) is 0 Å². The average Bonchev–Trinajstić information content (AvgIpc) is 4.13. The second kappa shape index (κ2) is 17.3. The highest BCUT2D eigenvalue weighted by molar-refractivity contribution is 7.27. The molecule has 0 fully saturated rings. The molecule has 3 heterocycles. The molecule has 0 unspecified atom stereocenters. The number of nitrogens with zero attached hydrogens (tertiary/aromatic N) is 2. The SMILES string of the molecule is c1ccc(-c2ccc(-c3cccc(N(c4ccc5c(c4)sc4ccccc45)c4ccccc4-c4cccc(N(c5ccc6c(c5)sc5ccccc56)c5cccc6c5sc5ccccc56)c4)c3)cc2)cc1. The zero-order chi connectivity index (χ0) is 46.8. The van der Waals surface area contributed by atoms with E-state index < -0.39 is 0 Å². The molecule has 5 heteroatoms. The normalized spacial score (nSPS) is 11.7. The predicted molar refractivity (Wildman–Crippen MR) is 311 cm³/mol. The van der Waals surface area contributed by atoms with Crippen molar-refractivity contribution in [1.82, 2.24) is 0 Å². The van der Waals surface area contributed by atoms with Crippen molar-refractivity contribution in [3.05, 3.63) is 255 Å². The molecule has 3 aromatic heterocycles. The topological polar surface area (TPSA) is 6.48 Å². The number of anilines is 6. The zero-order valence-electron chi connectivity index (χ0n) is 38.4. The highest BCUT2D eigenvalue weighted by atomic mass is 32.1. The van der Waals surface area contributed by atoms with Gasteiger partial charge in [0.2, 0.25) is 0 Å². The summed E-state index contributed by atoms with van der Waals surface area (Å²) in [5.41, 5.74) is 13.7. The Morgan fingerprint density at radius 3 is 1.28 bits per heavy atom. The van der Waals surface area contributed by atoms with E-state index in [0.717, 1.165) is 45.1 Å². The first kappa shape index (κ1) is 41.6. The molecule has 0 aliphatic heterocycles. The van der Waals surface area contributed by atoms with E-state index in [1.54, 1.807) is 0 Å². The van der Waals surface area contributed by atoms with Gasteiger partial charge in [-0.1, -0.05) is 176 Å². The van der Waals surface area contributed by atoms with E-state index in [2.05, 4.69) is 265 Å². The minimum absolute atomic E-state index is 1.09. The predicted octanol–water partition coefficient (Wildman–Crippen LogP) is 20.7. The van der Waals surface area contributed by atoms with Crippen LogP contribution in [0.3, 0.4) is 0 Å². The Hall–Kier alpha value is -8.32. The second-order valence-corrected chi connectivity index (χ2v) is 21.3. The molecule has 11 aromatic carbocycles. The Labute approximate surface area is 423 Å². The lowest BCUT2D eigenvalue weighted by Gasteiger charge is -2.29. The fraction of sp³-hybridized carbons (Fsp3) is 0. The van der Waals surface area contributed by atoms with E-state index in [0.29, 0.717) is 0 Å². The summed E-state index contributed by atoms with van der Waals surface area (Å²) < 4.78 is 7.71. The molecule has 0 N–H and O–H groups in total. The van der Waals surface area contributed by atoms with Gasteiger partial charge in [0.25, 0.3) is 0 Å². The van der Waals surface area contributed by atoms with Crippen molar-refractivity contribution in [1.29, 1.82) is 0 Å². The molecule has 14 rings (SSSR count). The lowest BCUT2D eigenvalue weighted by molar-refractivity contribution is 1.28. The van der Waals surface area contributed by atoms with E-state index >= 15 is 0 Å². The van der Waals surface area contributed by atoms with Gasteiger partial charge in [-0.25, -0.2) is 0 Å². The maximum Gasteiger partial charge on any atom is 0.0640 e. The van der Waals surface area contributed by atoms with Gasteiger partial charge < -0.3 is 9.80 Å². The van der Waals surface area contributed by atoms with Crippen LogP contribution in [0.15, 0.2) is 255 Å². The fourth-order valence-corrected chi connectivity index (χ4v) is 14.0. The molecule has 0 radical (unpaired) electrons. The van der Waals surface area contributed by atoms with Crippen LogP contribution < -0.4 is 9.80 Å². The number of hydrogen-bond acceptors (Lipinski definition) is 5. The van der Waals surface area contributed by atoms with Gasteiger partial charge in [0.15, 0.2) is 0 Å². The quantitative estimate of drug-likeness (QED) is 0.142. The third-order valence-electron chi connectivity index (χ3n) is 13.9. The van der Waals surface area contributed by atoms with Crippen LogP contribution in [0.5, 0.6) is 0 Å². The maximum atomic E-state index is 2.48. The van der Waals surface area contributed by atoms with Gasteiger partial charge >= 0.3 is 0 Å². The van der Waals surface area contributed by atoms with Crippen LogP contribution in [-0.2, 0) is 0 Å². The summed E-state index contributed by atoms with van der Waals surface area (Å²) in [7, 11) is 0. The molecule has 0 spiro atoms. The van der Waals surface area contributed by atoms with Crippen molar-refractivity contribution in [2.75, 3.05) is 9.80 Å². The minimum atomic E-state index is 1.09. The lowest BCUT2D eigenvalue weighted by Crippen LogP contribution is -2.12. The summed E-state index contributed by atoms with van der Waals surface area (Å²) in [5, 5.41) is 7.74. The minimum Gasteiger partial charge on any atom is -0.310 e. The fourth-order valence-electron chi connectivity index (χ4n) is 10.5. The van der Waals surface area contributed by atoms with Crippen molar-refractivity contribution in [3.8, 4) is 33.4 Å². The Balaban J connectivity index is 0.938. The van der Waals surface area contributed by atoms with Gasteiger partial charge in [0, 0.05) is 84.1 Å². The van der Waals surface area contributed by atoms with Crippen LogP contribution in [0.25, 0.3) is 93.9 Å². The number of para-hydroxylation sites is 1. The zero-order valence-corrected chi connectivity index (χ0v) is 40.8. The molecule has 2 nitrogen and oxygen atoms in total. The van der Waals surface area contributed by atoms with Gasteiger partial charge in [-0.15, -0.1) is 34.0 Å². The first-order chi connectivity index (χ1) is 35.2. The van der Waals surface area contributed by atoms with Crippen LogP contribution in [0.2, 0.25) is 0 Å².